The number of fused-ring (bicyclic) bond motifs is 1. The molecule has 0 heterocycles. The highest BCUT2D eigenvalue weighted by Gasteiger charge is 2.06. The zero-order valence-corrected chi connectivity index (χ0v) is 11.4. The zero-order chi connectivity index (χ0) is 14.7. The number of rotatable bonds is 4. The van der Waals surface area contributed by atoms with Crippen molar-refractivity contribution in [1.29, 1.82) is 0 Å². The highest BCUT2D eigenvalue weighted by molar-refractivity contribution is 5.85. The highest BCUT2D eigenvalue weighted by Crippen LogP contribution is 2.21. The second kappa shape index (κ2) is 5.92. The van der Waals surface area contributed by atoms with E-state index in [-0.39, 0.29) is 5.56 Å². The molecule has 0 fully saturated rings. The molecule has 0 saturated carbocycles. The van der Waals surface area contributed by atoms with Crippen LogP contribution in [0.4, 0.5) is 14.5 Å². The first-order valence-corrected chi connectivity index (χ1v) is 6.82. The van der Waals surface area contributed by atoms with Crippen molar-refractivity contribution in [2.45, 2.75) is 13.0 Å². The van der Waals surface area contributed by atoms with Crippen LogP contribution in [-0.2, 0) is 6.54 Å². The maximum absolute atomic E-state index is 12.7. The molecule has 0 aliphatic rings. The number of alkyl halides is 2. The van der Waals surface area contributed by atoms with Gasteiger partial charge in [0.15, 0.2) is 0 Å². The zero-order valence-electron chi connectivity index (χ0n) is 11.4. The van der Waals surface area contributed by atoms with Crippen molar-refractivity contribution in [2.75, 3.05) is 5.32 Å². The topological polar surface area (TPSA) is 12.0 Å². The van der Waals surface area contributed by atoms with Crippen LogP contribution in [0.5, 0.6) is 0 Å². The molecule has 0 spiro atoms. The molecule has 0 amide bonds. The van der Waals surface area contributed by atoms with E-state index in [1.807, 2.05) is 30.3 Å². The Morgan fingerprint density at radius 2 is 1.62 bits per heavy atom. The minimum atomic E-state index is -2.43. The van der Waals surface area contributed by atoms with Gasteiger partial charge in [0.05, 0.1) is 0 Å². The molecule has 0 bridgehead atoms. The lowest BCUT2D eigenvalue weighted by molar-refractivity contribution is 0.151. The lowest BCUT2D eigenvalue weighted by Gasteiger charge is -2.09. The molecule has 0 saturated heterocycles. The Morgan fingerprint density at radius 1 is 0.810 bits per heavy atom. The number of anilines is 1. The summed E-state index contributed by atoms with van der Waals surface area (Å²) in [5.41, 5.74) is 1.89. The maximum atomic E-state index is 12.7. The lowest BCUT2D eigenvalue weighted by atomic mass is 10.1. The molecule has 106 valence electrons. The van der Waals surface area contributed by atoms with E-state index in [0.717, 1.165) is 16.6 Å². The van der Waals surface area contributed by atoms with E-state index >= 15 is 0 Å². The molecule has 1 nitrogen and oxygen atoms in total. The molecule has 0 aliphatic heterocycles. The molecule has 0 aromatic heterocycles. The first-order chi connectivity index (χ1) is 10.2. The third-order valence-electron chi connectivity index (χ3n) is 3.45. The number of halogens is 2. The van der Waals surface area contributed by atoms with E-state index in [1.165, 1.54) is 11.5 Å². The van der Waals surface area contributed by atoms with Gasteiger partial charge in [-0.3, -0.25) is 0 Å². The van der Waals surface area contributed by atoms with E-state index < -0.39 is 6.43 Å². The van der Waals surface area contributed by atoms with Crippen molar-refractivity contribution >= 4 is 16.5 Å². The summed E-state index contributed by atoms with van der Waals surface area (Å²) in [6, 6.07) is 20.7. The molecule has 0 radical (unpaired) electrons. The number of benzene rings is 3. The van der Waals surface area contributed by atoms with E-state index in [2.05, 4.69) is 23.5 Å². The number of nitrogens with one attached hydrogen (secondary N) is 1. The van der Waals surface area contributed by atoms with E-state index in [4.69, 9.17) is 0 Å². The summed E-state index contributed by atoms with van der Waals surface area (Å²) in [7, 11) is 0. The molecule has 0 unspecified atom stereocenters. The van der Waals surface area contributed by atoms with Gasteiger partial charge in [0.2, 0.25) is 0 Å². The van der Waals surface area contributed by atoms with Gasteiger partial charge in [0, 0.05) is 17.8 Å². The monoisotopic (exact) mass is 283 g/mol. The summed E-state index contributed by atoms with van der Waals surface area (Å²) in [5.74, 6) is 0. The summed E-state index contributed by atoms with van der Waals surface area (Å²) < 4.78 is 25.3. The Morgan fingerprint density at radius 3 is 2.43 bits per heavy atom. The van der Waals surface area contributed by atoms with Crippen LogP contribution in [0.1, 0.15) is 17.6 Å². The molecule has 3 aromatic carbocycles. The largest absolute Gasteiger partial charge is 0.381 e. The number of hydrogen-bond acceptors (Lipinski definition) is 1. The first-order valence-electron chi connectivity index (χ1n) is 6.82. The maximum Gasteiger partial charge on any atom is 0.263 e. The fraction of sp³-hybridized carbons (Fsp3) is 0.111. The van der Waals surface area contributed by atoms with E-state index in [0.29, 0.717) is 6.54 Å². The smallest absolute Gasteiger partial charge is 0.263 e. The second-order valence-corrected chi connectivity index (χ2v) is 4.96. The van der Waals surface area contributed by atoms with Gasteiger partial charge in [0.1, 0.15) is 0 Å². The van der Waals surface area contributed by atoms with Gasteiger partial charge < -0.3 is 5.32 Å². The number of hydrogen-bond donors (Lipinski definition) is 1. The Hall–Kier alpha value is -2.42. The molecule has 3 rings (SSSR count). The van der Waals surface area contributed by atoms with E-state index in [9.17, 15) is 8.78 Å². The van der Waals surface area contributed by atoms with Crippen molar-refractivity contribution in [3.63, 3.8) is 0 Å². The average Bonchev–Trinajstić information content (AvgIpc) is 2.53. The van der Waals surface area contributed by atoms with Gasteiger partial charge in [-0.15, -0.1) is 0 Å². The molecule has 21 heavy (non-hydrogen) atoms. The van der Waals surface area contributed by atoms with Crippen molar-refractivity contribution in [3.05, 3.63) is 77.9 Å². The van der Waals surface area contributed by atoms with Gasteiger partial charge in [-0.25, -0.2) is 8.78 Å². The van der Waals surface area contributed by atoms with Crippen LogP contribution in [0.3, 0.4) is 0 Å². The summed E-state index contributed by atoms with van der Waals surface area (Å²) in [6.07, 6.45) is -2.43. The molecule has 1 N–H and O–H groups in total. The van der Waals surface area contributed by atoms with Crippen molar-refractivity contribution in [1.82, 2.24) is 0 Å². The average molecular weight is 283 g/mol. The van der Waals surface area contributed by atoms with Crippen LogP contribution < -0.4 is 5.32 Å². The van der Waals surface area contributed by atoms with Crippen LogP contribution in [-0.4, -0.2) is 0 Å². The van der Waals surface area contributed by atoms with Gasteiger partial charge in [-0.05, 0) is 34.5 Å². The fourth-order valence-electron chi connectivity index (χ4n) is 2.34. The van der Waals surface area contributed by atoms with Crippen LogP contribution in [0, 0.1) is 0 Å². The predicted molar refractivity (Wildman–Crippen MR) is 82.7 cm³/mol. The molecular weight excluding hydrogens is 268 g/mol. The molecular formula is C18H15F2N. The summed E-state index contributed by atoms with van der Waals surface area (Å²) in [4.78, 5) is 0. The van der Waals surface area contributed by atoms with Crippen molar-refractivity contribution < 1.29 is 8.78 Å². The Bertz CT molecular complexity index is 753. The molecule has 0 atom stereocenters. The van der Waals surface area contributed by atoms with Crippen LogP contribution in [0.25, 0.3) is 10.8 Å². The Kier molecular flexibility index (Phi) is 3.82. The quantitative estimate of drug-likeness (QED) is 0.677. The molecule has 3 heteroatoms. The predicted octanol–water partition coefficient (Wildman–Crippen LogP) is 5.39. The van der Waals surface area contributed by atoms with Gasteiger partial charge in [-0.2, -0.15) is 0 Å². The third-order valence-corrected chi connectivity index (χ3v) is 3.45. The van der Waals surface area contributed by atoms with Gasteiger partial charge in [0.25, 0.3) is 6.43 Å². The SMILES string of the molecule is FC(F)c1cccc(CNc2ccc3ccccc3c2)c1. The third kappa shape index (κ3) is 3.19. The van der Waals surface area contributed by atoms with E-state index in [1.54, 1.807) is 12.1 Å². The van der Waals surface area contributed by atoms with Gasteiger partial charge in [-0.1, -0.05) is 48.5 Å². The van der Waals surface area contributed by atoms with Crippen LogP contribution in [0.2, 0.25) is 0 Å². The normalized spacial score (nSPS) is 11.0. The highest BCUT2D eigenvalue weighted by atomic mass is 19.3. The minimum absolute atomic E-state index is 0.0628. The molecule has 3 aromatic rings. The van der Waals surface area contributed by atoms with Crippen LogP contribution in [0.15, 0.2) is 66.7 Å². The lowest BCUT2D eigenvalue weighted by Crippen LogP contribution is -2.00. The summed E-state index contributed by atoms with van der Waals surface area (Å²) in [6.45, 7) is 0.527. The minimum Gasteiger partial charge on any atom is -0.381 e. The second-order valence-electron chi connectivity index (χ2n) is 4.96. The summed E-state index contributed by atoms with van der Waals surface area (Å²) in [5, 5.41) is 5.61. The van der Waals surface area contributed by atoms with Crippen molar-refractivity contribution in [2.24, 2.45) is 0 Å². The molecule has 0 aliphatic carbocycles. The summed E-state index contributed by atoms with van der Waals surface area (Å²) >= 11 is 0. The standard InChI is InChI=1S/C18H15F2N/c19-18(20)16-7-3-4-13(10-16)12-21-17-9-8-14-5-1-2-6-15(14)11-17/h1-11,18,21H,12H2. The Balaban J connectivity index is 1.75. The van der Waals surface area contributed by atoms with Gasteiger partial charge >= 0.3 is 0 Å². The fourth-order valence-corrected chi connectivity index (χ4v) is 2.34. The van der Waals surface area contributed by atoms with Crippen LogP contribution >= 0.6 is 0 Å². The first kappa shape index (κ1) is 13.6. The Labute approximate surface area is 122 Å². The van der Waals surface area contributed by atoms with Crippen molar-refractivity contribution in [3.8, 4) is 0 Å².